The van der Waals surface area contributed by atoms with Crippen molar-refractivity contribution in [1.29, 1.82) is 0 Å². The van der Waals surface area contributed by atoms with E-state index in [0.717, 1.165) is 0 Å². The molecule has 5 heteroatoms. The number of nitrogens with zero attached hydrogens (tertiary/aromatic N) is 2. The minimum Gasteiger partial charge on any atom is -0.390 e. The maximum Gasteiger partial charge on any atom is 0.124 e. The summed E-state index contributed by atoms with van der Waals surface area (Å²) in [6, 6.07) is 4.07. The fourth-order valence-electron chi connectivity index (χ4n) is 1.33. The maximum absolute atomic E-state index is 12.8. The van der Waals surface area contributed by atoms with Crippen LogP contribution >= 0.6 is 11.6 Å². The van der Waals surface area contributed by atoms with Gasteiger partial charge in [-0.05, 0) is 18.2 Å². The monoisotopic (exact) mass is 226 g/mol. The maximum atomic E-state index is 12.8. The highest BCUT2D eigenvalue weighted by atomic mass is 35.5. The lowest BCUT2D eigenvalue weighted by molar-refractivity contribution is 0.274. The molecule has 2 aromatic rings. The van der Waals surface area contributed by atoms with Crippen molar-refractivity contribution in [3.8, 4) is 5.69 Å². The second kappa shape index (κ2) is 4.00. The molecule has 0 spiro atoms. The van der Waals surface area contributed by atoms with Crippen LogP contribution in [0.4, 0.5) is 4.39 Å². The first-order chi connectivity index (χ1) is 7.22. The molecule has 0 aliphatic heterocycles. The van der Waals surface area contributed by atoms with Gasteiger partial charge in [0.1, 0.15) is 5.82 Å². The van der Waals surface area contributed by atoms with E-state index in [1.165, 1.54) is 24.7 Å². The smallest absolute Gasteiger partial charge is 0.124 e. The van der Waals surface area contributed by atoms with Gasteiger partial charge in [0.2, 0.25) is 0 Å². The van der Waals surface area contributed by atoms with Crippen LogP contribution in [0, 0.1) is 5.82 Å². The van der Waals surface area contributed by atoms with E-state index >= 15 is 0 Å². The minimum absolute atomic E-state index is 0.145. The number of rotatable bonds is 2. The van der Waals surface area contributed by atoms with E-state index in [2.05, 4.69) is 4.98 Å². The molecule has 0 aliphatic rings. The normalized spacial score (nSPS) is 10.6. The molecule has 78 valence electrons. The molecule has 1 aromatic heterocycles. The Morgan fingerprint density at radius 1 is 1.47 bits per heavy atom. The number of hydrogen-bond acceptors (Lipinski definition) is 2. The Balaban J connectivity index is 2.54. The van der Waals surface area contributed by atoms with Gasteiger partial charge >= 0.3 is 0 Å². The van der Waals surface area contributed by atoms with Crippen LogP contribution in [-0.2, 0) is 6.61 Å². The summed E-state index contributed by atoms with van der Waals surface area (Å²) in [5.41, 5.74) is 1.20. The van der Waals surface area contributed by atoms with Gasteiger partial charge in [-0.3, -0.25) is 4.57 Å². The van der Waals surface area contributed by atoms with Gasteiger partial charge < -0.3 is 5.11 Å². The Kier molecular flexibility index (Phi) is 2.70. The van der Waals surface area contributed by atoms with Gasteiger partial charge in [0.05, 0.1) is 35.5 Å². The van der Waals surface area contributed by atoms with Gasteiger partial charge in [0, 0.05) is 0 Å². The summed E-state index contributed by atoms with van der Waals surface area (Å²) in [6.45, 7) is -0.145. The second-order valence-electron chi connectivity index (χ2n) is 3.01. The van der Waals surface area contributed by atoms with Crippen molar-refractivity contribution in [2.45, 2.75) is 6.61 Å². The highest BCUT2D eigenvalue weighted by Crippen LogP contribution is 2.22. The predicted octanol–water partition coefficient (Wildman–Crippen LogP) is 2.16. The van der Waals surface area contributed by atoms with Crippen molar-refractivity contribution in [3.05, 3.63) is 47.3 Å². The zero-order valence-corrected chi connectivity index (χ0v) is 8.45. The van der Waals surface area contributed by atoms with Crippen LogP contribution in [-0.4, -0.2) is 14.7 Å². The van der Waals surface area contributed by atoms with E-state index in [1.807, 2.05) is 0 Å². The molecule has 0 saturated carbocycles. The topological polar surface area (TPSA) is 38.1 Å². The summed E-state index contributed by atoms with van der Waals surface area (Å²) in [4.78, 5) is 3.88. The largest absolute Gasteiger partial charge is 0.390 e. The first-order valence-electron chi connectivity index (χ1n) is 4.30. The molecule has 2 rings (SSSR count). The zero-order valence-electron chi connectivity index (χ0n) is 7.69. The van der Waals surface area contributed by atoms with E-state index in [4.69, 9.17) is 16.7 Å². The van der Waals surface area contributed by atoms with Gasteiger partial charge in [-0.25, -0.2) is 9.37 Å². The zero-order chi connectivity index (χ0) is 10.8. The van der Waals surface area contributed by atoms with Crippen LogP contribution in [0.5, 0.6) is 0 Å². The first-order valence-corrected chi connectivity index (χ1v) is 4.67. The summed E-state index contributed by atoms with van der Waals surface area (Å²) in [7, 11) is 0. The van der Waals surface area contributed by atoms with E-state index in [0.29, 0.717) is 11.4 Å². The molecule has 1 aromatic carbocycles. The molecule has 3 nitrogen and oxygen atoms in total. The van der Waals surface area contributed by atoms with Crippen LogP contribution in [0.2, 0.25) is 5.02 Å². The van der Waals surface area contributed by atoms with Gasteiger partial charge in [-0.1, -0.05) is 11.6 Å². The number of hydrogen-bond donors (Lipinski definition) is 1. The van der Waals surface area contributed by atoms with E-state index in [1.54, 1.807) is 10.6 Å². The van der Waals surface area contributed by atoms with Gasteiger partial charge in [-0.15, -0.1) is 0 Å². The van der Waals surface area contributed by atoms with Gasteiger partial charge in [0.25, 0.3) is 0 Å². The highest BCUT2D eigenvalue weighted by molar-refractivity contribution is 6.32. The molecule has 0 bridgehead atoms. The lowest BCUT2D eigenvalue weighted by Gasteiger charge is -2.07. The lowest BCUT2D eigenvalue weighted by Crippen LogP contribution is -1.99. The molecular weight excluding hydrogens is 219 g/mol. The third-order valence-electron chi connectivity index (χ3n) is 2.05. The predicted molar refractivity (Wildman–Crippen MR) is 54.5 cm³/mol. The molecule has 0 aliphatic carbocycles. The van der Waals surface area contributed by atoms with Crippen LogP contribution in [0.3, 0.4) is 0 Å². The number of aromatic nitrogens is 2. The Morgan fingerprint density at radius 2 is 2.27 bits per heavy atom. The molecule has 0 saturated heterocycles. The third kappa shape index (κ3) is 1.86. The molecule has 1 N–H and O–H groups in total. The van der Waals surface area contributed by atoms with Crippen molar-refractivity contribution >= 4 is 11.6 Å². The quantitative estimate of drug-likeness (QED) is 0.852. The minimum atomic E-state index is -0.394. The summed E-state index contributed by atoms with van der Waals surface area (Å²) in [5, 5.41) is 9.32. The van der Waals surface area contributed by atoms with Crippen LogP contribution in [0.1, 0.15) is 5.69 Å². The number of aliphatic hydroxyl groups is 1. The van der Waals surface area contributed by atoms with E-state index < -0.39 is 5.82 Å². The number of benzene rings is 1. The second-order valence-corrected chi connectivity index (χ2v) is 3.42. The Bertz CT molecular complexity index is 484. The van der Waals surface area contributed by atoms with E-state index in [9.17, 15) is 4.39 Å². The molecule has 0 unspecified atom stereocenters. The molecule has 0 fully saturated rings. The standard InChI is InChI=1S/C10H8ClFN2O/c11-9-3-7(12)1-2-10(9)14-6-13-4-8(14)5-15/h1-4,6,15H,5H2. The van der Waals surface area contributed by atoms with Crippen LogP contribution < -0.4 is 0 Å². The van der Waals surface area contributed by atoms with Crippen molar-refractivity contribution in [2.24, 2.45) is 0 Å². The molecular formula is C10H8ClFN2O. The Labute approximate surface area is 90.8 Å². The summed E-state index contributed by atoms with van der Waals surface area (Å²) in [5.74, 6) is -0.394. The number of aliphatic hydroxyl groups excluding tert-OH is 1. The third-order valence-corrected chi connectivity index (χ3v) is 2.35. The molecule has 0 amide bonds. The van der Waals surface area contributed by atoms with Crippen LogP contribution in [0.15, 0.2) is 30.7 Å². The Morgan fingerprint density at radius 3 is 2.93 bits per heavy atom. The average molecular weight is 227 g/mol. The fourth-order valence-corrected chi connectivity index (χ4v) is 1.59. The van der Waals surface area contributed by atoms with Crippen molar-refractivity contribution < 1.29 is 9.50 Å². The van der Waals surface area contributed by atoms with Crippen molar-refractivity contribution in [3.63, 3.8) is 0 Å². The summed E-state index contributed by atoms with van der Waals surface area (Å²) < 4.78 is 14.4. The van der Waals surface area contributed by atoms with Gasteiger partial charge in [0.15, 0.2) is 0 Å². The van der Waals surface area contributed by atoms with E-state index in [-0.39, 0.29) is 11.6 Å². The number of imidazole rings is 1. The van der Waals surface area contributed by atoms with Gasteiger partial charge in [-0.2, -0.15) is 0 Å². The molecule has 15 heavy (non-hydrogen) atoms. The number of halogens is 2. The summed E-state index contributed by atoms with van der Waals surface area (Å²) >= 11 is 5.88. The molecule has 0 atom stereocenters. The average Bonchev–Trinajstić information content (AvgIpc) is 2.65. The highest BCUT2D eigenvalue weighted by Gasteiger charge is 2.07. The van der Waals surface area contributed by atoms with Crippen molar-refractivity contribution in [2.75, 3.05) is 0 Å². The molecule has 1 heterocycles. The summed E-state index contributed by atoms with van der Waals surface area (Å²) in [6.07, 6.45) is 3.05. The molecule has 0 radical (unpaired) electrons. The SMILES string of the molecule is OCc1cncn1-c1ccc(F)cc1Cl. The van der Waals surface area contributed by atoms with Crippen LogP contribution in [0.25, 0.3) is 5.69 Å². The lowest BCUT2D eigenvalue weighted by atomic mass is 10.3. The fraction of sp³-hybridized carbons (Fsp3) is 0.100. The Hall–Kier alpha value is -1.39. The first kappa shape index (κ1) is 10.1. The van der Waals surface area contributed by atoms with Crippen molar-refractivity contribution in [1.82, 2.24) is 9.55 Å².